The molecule has 1 aliphatic rings. The standard InChI is InChI=1S/C28H26N.C15H16N.Ir/c1-27(2,3)20-11-8-10-19(17-20)26-25-22(15-16-29-26)24-21-12-7-6-9-18(21)13-14-23(24)28(25,4)5;1-15(2,3)13-9-10-16-14(11-13)12-7-5-4-6-8-12;/h6-9,11-17H,1-5H3;4-7,9-11H,1-3H3;/q2*-1;. The Labute approximate surface area is 288 Å². The summed E-state index contributed by atoms with van der Waals surface area (Å²) < 4.78 is 0. The van der Waals surface area contributed by atoms with Gasteiger partial charge in [0.25, 0.3) is 0 Å². The fourth-order valence-electron chi connectivity index (χ4n) is 6.39. The van der Waals surface area contributed by atoms with Crippen molar-refractivity contribution in [3.8, 4) is 33.6 Å². The van der Waals surface area contributed by atoms with Gasteiger partial charge >= 0.3 is 0 Å². The molecule has 46 heavy (non-hydrogen) atoms. The van der Waals surface area contributed by atoms with E-state index >= 15 is 0 Å². The van der Waals surface area contributed by atoms with Crippen LogP contribution in [-0.2, 0) is 36.4 Å². The van der Waals surface area contributed by atoms with Gasteiger partial charge in [0.15, 0.2) is 0 Å². The summed E-state index contributed by atoms with van der Waals surface area (Å²) in [5, 5.41) is 2.61. The molecule has 0 saturated heterocycles. The van der Waals surface area contributed by atoms with Gasteiger partial charge in [-0.1, -0.05) is 97.9 Å². The largest absolute Gasteiger partial charge is 0.305 e. The Kier molecular flexibility index (Phi) is 9.24. The van der Waals surface area contributed by atoms with Crippen LogP contribution < -0.4 is 0 Å². The van der Waals surface area contributed by atoms with Gasteiger partial charge in [0.2, 0.25) is 0 Å². The Morgan fingerprint density at radius 1 is 0.630 bits per heavy atom. The van der Waals surface area contributed by atoms with Crippen molar-refractivity contribution in [2.45, 2.75) is 71.6 Å². The first-order chi connectivity index (χ1) is 21.4. The number of nitrogens with zero attached hydrogens (tertiary/aromatic N) is 2. The molecule has 0 bridgehead atoms. The van der Waals surface area contributed by atoms with Crippen molar-refractivity contribution in [2.75, 3.05) is 0 Å². The second kappa shape index (κ2) is 12.7. The van der Waals surface area contributed by atoms with Crippen LogP contribution in [0, 0.1) is 12.1 Å². The molecule has 3 heteroatoms. The first kappa shape index (κ1) is 33.5. The number of hydrogen-bond donors (Lipinski definition) is 0. The van der Waals surface area contributed by atoms with Crippen LogP contribution in [-0.4, -0.2) is 9.97 Å². The van der Waals surface area contributed by atoms with E-state index in [1.165, 1.54) is 44.2 Å². The number of aromatic nitrogens is 2. The number of hydrogen-bond acceptors (Lipinski definition) is 2. The van der Waals surface area contributed by atoms with Gasteiger partial charge in [-0.25, -0.2) is 0 Å². The Bertz CT molecular complexity index is 1990. The van der Waals surface area contributed by atoms with Crippen LogP contribution in [0.2, 0.25) is 0 Å². The maximum absolute atomic E-state index is 4.87. The molecule has 0 fully saturated rings. The van der Waals surface area contributed by atoms with Crippen LogP contribution in [0.5, 0.6) is 0 Å². The van der Waals surface area contributed by atoms with Gasteiger partial charge in [-0.15, -0.1) is 71.3 Å². The Morgan fingerprint density at radius 3 is 2.02 bits per heavy atom. The van der Waals surface area contributed by atoms with Gasteiger partial charge in [-0.2, -0.15) is 0 Å². The van der Waals surface area contributed by atoms with E-state index in [0.717, 1.165) is 22.5 Å². The summed E-state index contributed by atoms with van der Waals surface area (Å²) in [5.74, 6) is 0. The number of rotatable bonds is 2. The van der Waals surface area contributed by atoms with Crippen molar-refractivity contribution in [3.63, 3.8) is 0 Å². The van der Waals surface area contributed by atoms with Crippen LogP contribution in [0.1, 0.15) is 77.6 Å². The van der Waals surface area contributed by atoms with E-state index in [0.29, 0.717) is 0 Å². The molecule has 7 rings (SSSR count). The second-order valence-corrected chi connectivity index (χ2v) is 14.6. The second-order valence-electron chi connectivity index (χ2n) is 14.6. The topological polar surface area (TPSA) is 25.8 Å². The van der Waals surface area contributed by atoms with E-state index in [2.05, 4.69) is 139 Å². The molecule has 1 radical (unpaired) electrons. The van der Waals surface area contributed by atoms with E-state index in [9.17, 15) is 0 Å². The first-order valence-corrected chi connectivity index (χ1v) is 15.8. The molecule has 0 spiro atoms. The van der Waals surface area contributed by atoms with Crippen molar-refractivity contribution in [1.82, 2.24) is 9.97 Å². The molecule has 0 aliphatic heterocycles. The van der Waals surface area contributed by atoms with E-state index in [4.69, 9.17) is 4.98 Å². The molecule has 0 N–H and O–H groups in total. The van der Waals surface area contributed by atoms with Crippen molar-refractivity contribution in [1.29, 1.82) is 0 Å². The molecule has 0 unspecified atom stereocenters. The molecule has 0 saturated carbocycles. The third-order valence-corrected chi connectivity index (χ3v) is 8.98. The Balaban J connectivity index is 0.000000209. The molecule has 2 nitrogen and oxygen atoms in total. The Hall–Kier alpha value is -3.91. The minimum Gasteiger partial charge on any atom is -0.305 e. The minimum absolute atomic E-state index is 0. The van der Waals surface area contributed by atoms with Crippen molar-refractivity contribution in [2.24, 2.45) is 0 Å². The van der Waals surface area contributed by atoms with Gasteiger partial charge in [0.1, 0.15) is 0 Å². The quantitative estimate of drug-likeness (QED) is 0.164. The third kappa shape index (κ3) is 6.37. The van der Waals surface area contributed by atoms with Crippen LogP contribution in [0.25, 0.3) is 44.4 Å². The van der Waals surface area contributed by atoms with Gasteiger partial charge in [0, 0.05) is 37.9 Å². The zero-order valence-electron chi connectivity index (χ0n) is 28.1. The Morgan fingerprint density at radius 2 is 1.30 bits per heavy atom. The molecule has 235 valence electrons. The number of pyridine rings is 2. The summed E-state index contributed by atoms with van der Waals surface area (Å²) in [7, 11) is 0. The summed E-state index contributed by atoms with van der Waals surface area (Å²) >= 11 is 0. The normalized spacial score (nSPS) is 13.2. The monoisotopic (exact) mass is 779 g/mol. The molecule has 2 aromatic heterocycles. The van der Waals surface area contributed by atoms with E-state index < -0.39 is 0 Å². The summed E-state index contributed by atoms with van der Waals surface area (Å²) in [6.07, 6.45) is 3.83. The van der Waals surface area contributed by atoms with Crippen molar-refractivity contribution in [3.05, 3.63) is 144 Å². The van der Waals surface area contributed by atoms with Crippen LogP contribution in [0.15, 0.2) is 109 Å². The summed E-state index contributed by atoms with van der Waals surface area (Å²) in [5.41, 5.74) is 12.3. The molecular weight excluding hydrogens is 737 g/mol. The molecule has 6 aromatic rings. The minimum atomic E-state index is -0.107. The van der Waals surface area contributed by atoms with Gasteiger partial charge < -0.3 is 9.97 Å². The molecule has 4 aromatic carbocycles. The van der Waals surface area contributed by atoms with Gasteiger partial charge in [0.05, 0.1) is 0 Å². The molecule has 0 atom stereocenters. The average Bonchev–Trinajstić information content (AvgIpc) is 3.28. The van der Waals surface area contributed by atoms with Crippen LogP contribution >= 0.6 is 0 Å². The van der Waals surface area contributed by atoms with Crippen molar-refractivity contribution >= 4 is 10.8 Å². The molecule has 1 aliphatic carbocycles. The predicted octanol–water partition coefficient (Wildman–Crippen LogP) is 11.1. The summed E-state index contributed by atoms with van der Waals surface area (Å²) in [6.45, 7) is 18.0. The summed E-state index contributed by atoms with van der Waals surface area (Å²) in [4.78, 5) is 9.26. The van der Waals surface area contributed by atoms with Crippen LogP contribution in [0.3, 0.4) is 0 Å². The van der Waals surface area contributed by atoms with E-state index in [1.54, 1.807) is 0 Å². The van der Waals surface area contributed by atoms with Gasteiger partial charge in [-0.05, 0) is 72.9 Å². The number of fused-ring (bicyclic) bond motifs is 5. The SMILES string of the molecule is CC(C)(C)c1cc[c-]c(-c2nccc3c2C(C)(C)c2ccc4ccccc4c2-3)c1.CC(C)(C)c1ccnc(-c2[c-]cccc2)c1.[Ir]. The zero-order chi connectivity index (χ0) is 32.0. The van der Waals surface area contributed by atoms with Crippen LogP contribution in [0.4, 0.5) is 0 Å². The van der Waals surface area contributed by atoms with E-state index in [-0.39, 0.29) is 36.4 Å². The predicted molar refractivity (Wildman–Crippen MR) is 189 cm³/mol. The van der Waals surface area contributed by atoms with Gasteiger partial charge in [-0.3, -0.25) is 0 Å². The summed E-state index contributed by atoms with van der Waals surface area (Å²) in [6, 6.07) is 40.7. The molecule has 0 amide bonds. The maximum atomic E-state index is 4.87. The molecule has 2 heterocycles. The fourth-order valence-corrected chi connectivity index (χ4v) is 6.39. The first-order valence-electron chi connectivity index (χ1n) is 15.8. The smallest absolute Gasteiger partial charge is 0.0167 e. The zero-order valence-corrected chi connectivity index (χ0v) is 30.5. The van der Waals surface area contributed by atoms with E-state index in [1.807, 2.05) is 42.7 Å². The maximum Gasteiger partial charge on any atom is 0.0167 e. The third-order valence-electron chi connectivity index (χ3n) is 8.98. The number of benzene rings is 4. The fraction of sp³-hybridized carbons (Fsp3) is 0.256. The molecular formula is C43H42IrN2-2. The average molecular weight is 779 g/mol. The van der Waals surface area contributed by atoms with Crippen molar-refractivity contribution < 1.29 is 20.1 Å².